The van der Waals surface area contributed by atoms with Crippen LogP contribution < -0.4 is 0 Å². The Kier molecular flexibility index (Phi) is 19.3. The zero-order valence-corrected chi connectivity index (χ0v) is 19.5. The molecule has 0 aromatic heterocycles. The standard InChI is InChI=1S/C24H48O4/c1-6-8-10-11-13-16-19-23(24(25-3,26-4)27-5)20-17-14-12-15-18-22-28-21-9-7-2/h9,21,23H,6-8,10-20,22H2,1-5H3. The molecule has 0 N–H and O–H groups in total. The van der Waals surface area contributed by atoms with Crippen LogP contribution in [0.2, 0.25) is 0 Å². The Labute approximate surface area is 175 Å². The van der Waals surface area contributed by atoms with E-state index in [4.69, 9.17) is 18.9 Å². The summed E-state index contributed by atoms with van der Waals surface area (Å²) in [6.07, 6.45) is 21.0. The Morgan fingerprint density at radius 3 is 1.68 bits per heavy atom. The van der Waals surface area contributed by atoms with Crippen LogP contribution in [0, 0.1) is 5.92 Å². The molecule has 0 rings (SSSR count). The van der Waals surface area contributed by atoms with Gasteiger partial charge in [-0.25, -0.2) is 0 Å². The molecule has 168 valence electrons. The minimum atomic E-state index is -0.900. The number of hydrogen-bond donors (Lipinski definition) is 0. The molecule has 0 aliphatic carbocycles. The fourth-order valence-electron chi connectivity index (χ4n) is 3.76. The normalized spacial score (nSPS) is 13.3. The lowest BCUT2D eigenvalue weighted by Gasteiger charge is -2.36. The van der Waals surface area contributed by atoms with Gasteiger partial charge in [0.2, 0.25) is 0 Å². The molecule has 0 amide bonds. The van der Waals surface area contributed by atoms with E-state index in [1.165, 1.54) is 64.2 Å². The Morgan fingerprint density at radius 1 is 0.679 bits per heavy atom. The molecule has 4 nitrogen and oxygen atoms in total. The van der Waals surface area contributed by atoms with E-state index in [1.807, 2.05) is 6.26 Å². The van der Waals surface area contributed by atoms with Gasteiger partial charge in [0.15, 0.2) is 0 Å². The maximum atomic E-state index is 5.67. The minimum Gasteiger partial charge on any atom is -0.502 e. The predicted molar refractivity (Wildman–Crippen MR) is 118 cm³/mol. The van der Waals surface area contributed by atoms with Crippen molar-refractivity contribution in [2.24, 2.45) is 5.92 Å². The van der Waals surface area contributed by atoms with Gasteiger partial charge in [-0.05, 0) is 25.7 Å². The largest absolute Gasteiger partial charge is 0.502 e. The van der Waals surface area contributed by atoms with Crippen LogP contribution in [0.15, 0.2) is 12.3 Å². The van der Waals surface area contributed by atoms with Crippen LogP contribution in [0.5, 0.6) is 0 Å². The van der Waals surface area contributed by atoms with E-state index in [0.29, 0.717) is 0 Å². The van der Waals surface area contributed by atoms with Crippen LogP contribution in [-0.4, -0.2) is 33.9 Å². The van der Waals surface area contributed by atoms with Crippen LogP contribution in [0.3, 0.4) is 0 Å². The van der Waals surface area contributed by atoms with Gasteiger partial charge >= 0.3 is 0 Å². The molecule has 0 spiro atoms. The summed E-state index contributed by atoms with van der Waals surface area (Å²) in [6, 6.07) is 0. The molecular formula is C24H48O4. The number of methoxy groups -OCH3 is 3. The number of ether oxygens (including phenoxy) is 4. The van der Waals surface area contributed by atoms with Crippen LogP contribution in [0.4, 0.5) is 0 Å². The Hall–Kier alpha value is -0.580. The van der Waals surface area contributed by atoms with E-state index in [9.17, 15) is 0 Å². The summed E-state index contributed by atoms with van der Waals surface area (Å²) in [5.41, 5.74) is 0. The maximum Gasteiger partial charge on any atom is 0.285 e. The SMILES string of the molecule is CCC=COCCCCCCCC(CCCCCCCC)C(OC)(OC)OC. The smallest absolute Gasteiger partial charge is 0.285 e. The van der Waals surface area contributed by atoms with Gasteiger partial charge in [0, 0.05) is 27.2 Å². The summed E-state index contributed by atoms with van der Waals surface area (Å²) < 4.78 is 22.5. The van der Waals surface area contributed by atoms with Crippen molar-refractivity contribution < 1.29 is 18.9 Å². The summed E-state index contributed by atoms with van der Waals surface area (Å²) in [5, 5.41) is 0. The summed E-state index contributed by atoms with van der Waals surface area (Å²) in [6.45, 7) is 5.21. The van der Waals surface area contributed by atoms with Gasteiger partial charge < -0.3 is 18.9 Å². The molecule has 0 heterocycles. The fraction of sp³-hybridized carbons (Fsp3) is 0.917. The quantitative estimate of drug-likeness (QED) is 0.116. The number of unbranched alkanes of at least 4 members (excludes halogenated alkanes) is 9. The molecule has 1 atom stereocenters. The van der Waals surface area contributed by atoms with Gasteiger partial charge in [-0.2, -0.15) is 0 Å². The molecule has 0 bridgehead atoms. The molecule has 0 saturated carbocycles. The fourth-order valence-corrected chi connectivity index (χ4v) is 3.76. The van der Waals surface area contributed by atoms with Crippen LogP contribution >= 0.6 is 0 Å². The molecule has 28 heavy (non-hydrogen) atoms. The molecule has 4 heteroatoms. The van der Waals surface area contributed by atoms with E-state index in [2.05, 4.69) is 19.9 Å². The second kappa shape index (κ2) is 19.7. The second-order valence-corrected chi connectivity index (χ2v) is 7.68. The molecule has 0 fully saturated rings. The topological polar surface area (TPSA) is 36.9 Å². The summed E-state index contributed by atoms with van der Waals surface area (Å²) >= 11 is 0. The van der Waals surface area contributed by atoms with Crippen molar-refractivity contribution in [2.45, 2.75) is 110 Å². The Bertz CT molecular complexity index is 331. The average molecular weight is 401 g/mol. The molecule has 0 aliphatic rings. The lowest BCUT2D eigenvalue weighted by atomic mass is 9.91. The molecule has 1 unspecified atom stereocenters. The molecule has 0 aliphatic heterocycles. The highest BCUT2D eigenvalue weighted by atomic mass is 16.9. The first-order valence-electron chi connectivity index (χ1n) is 11.6. The average Bonchev–Trinajstić information content (AvgIpc) is 2.72. The van der Waals surface area contributed by atoms with Crippen LogP contribution in [0.1, 0.15) is 104 Å². The molecule has 0 saturated heterocycles. The molecule has 0 radical (unpaired) electrons. The van der Waals surface area contributed by atoms with E-state index >= 15 is 0 Å². The van der Waals surface area contributed by atoms with Gasteiger partial charge in [-0.3, -0.25) is 0 Å². The lowest BCUT2D eigenvalue weighted by molar-refractivity contribution is -0.380. The monoisotopic (exact) mass is 400 g/mol. The highest BCUT2D eigenvalue weighted by Gasteiger charge is 2.39. The molecule has 0 aromatic rings. The highest BCUT2D eigenvalue weighted by Crippen LogP contribution is 2.33. The van der Waals surface area contributed by atoms with Crippen LogP contribution in [-0.2, 0) is 18.9 Å². The Morgan fingerprint density at radius 2 is 1.18 bits per heavy atom. The Balaban J connectivity index is 4.15. The molecule has 0 aromatic carbocycles. The van der Waals surface area contributed by atoms with Crippen molar-refractivity contribution in [2.75, 3.05) is 27.9 Å². The third-order valence-electron chi connectivity index (χ3n) is 5.50. The van der Waals surface area contributed by atoms with E-state index < -0.39 is 5.97 Å². The first-order valence-corrected chi connectivity index (χ1v) is 11.6. The van der Waals surface area contributed by atoms with Crippen molar-refractivity contribution in [3.63, 3.8) is 0 Å². The van der Waals surface area contributed by atoms with Gasteiger partial charge in [-0.1, -0.05) is 84.1 Å². The van der Waals surface area contributed by atoms with Gasteiger partial charge in [0.25, 0.3) is 5.97 Å². The highest BCUT2D eigenvalue weighted by molar-refractivity contribution is 4.72. The zero-order chi connectivity index (χ0) is 20.9. The van der Waals surface area contributed by atoms with E-state index in [0.717, 1.165) is 32.3 Å². The zero-order valence-electron chi connectivity index (χ0n) is 19.5. The van der Waals surface area contributed by atoms with Crippen molar-refractivity contribution >= 4 is 0 Å². The van der Waals surface area contributed by atoms with Gasteiger partial charge in [0.05, 0.1) is 12.9 Å². The first kappa shape index (κ1) is 27.4. The summed E-state index contributed by atoms with van der Waals surface area (Å²) in [4.78, 5) is 0. The van der Waals surface area contributed by atoms with Crippen molar-refractivity contribution in [1.29, 1.82) is 0 Å². The molecular weight excluding hydrogens is 352 g/mol. The van der Waals surface area contributed by atoms with Gasteiger partial charge in [-0.15, -0.1) is 0 Å². The number of allylic oxidation sites excluding steroid dienone is 1. The predicted octanol–water partition coefficient (Wildman–Crippen LogP) is 7.23. The van der Waals surface area contributed by atoms with E-state index in [-0.39, 0.29) is 5.92 Å². The van der Waals surface area contributed by atoms with Crippen molar-refractivity contribution in [3.05, 3.63) is 12.3 Å². The van der Waals surface area contributed by atoms with Gasteiger partial charge in [0.1, 0.15) is 0 Å². The van der Waals surface area contributed by atoms with Crippen molar-refractivity contribution in [3.8, 4) is 0 Å². The number of rotatable bonds is 21. The number of hydrogen-bond acceptors (Lipinski definition) is 4. The third-order valence-corrected chi connectivity index (χ3v) is 5.50. The lowest BCUT2D eigenvalue weighted by Crippen LogP contribution is -2.44. The summed E-state index contributed by atoms with van der Waals surface area (Å²) in [7, 11) is 5.07. The first-order chi connectivity index (χ1) is 13.7. The summed E-state index contributed by atoms with van der Waals surface area (Å²) in [5.74, 6) is -0.621. The third kappa shape index (κ3) is 12.8. The van der Waals surface area contributed by atoms with E-state index in [1.54, 1.807) is 21.3 Å². The van der Waals surface area contributed by atoms with Crippen LogP contribution in [0.25, 0.3) is 0 Å². The second-order valence-electron chi connectivity index (χ2n) is 7.68. The maximum absolute atomic E-state index is 5.67. The minimum absolute atomic E-state index is 0.279. The van der Waals surface area contributed by atoms with Crippen molar-refractivity contribution in [1.82, 2.24) is 0 Å².